The van der Waals surface area contributed by atoms with Crippen LogP contribution in [0.15, 0.2) is 6.07 Å². The maximum atomic E-state index is 10.5. The highest BCUT2D eigenvalue weighted by molar-refractivity contribution is 5.68. The normalized spacial score (nSPS) is 16.6. The van der Waals surface area contributed by atoms with Crippen molar-refractivity contribution in [1.82, 2.24) is 0 Å². The van der Waals surface area contributed by atoms with Gasteiger partial charge < -0.3 is 29.2 Å². The fraction of sp³-hybridized carbons (Fsp3) is 0.417. The van der Waals surface area contributed by atoms with E-state index >= 15 is 0 Å². The second-order valence-electron chi connectivity index (χ2n) is 3.88. The Kier molecular flexibility index (Phi) is 3.66. The summed E-state index contributed by atoms with van der Waals surface area (Å²) < 4.78 is 20.7. The number of aromatic hydroxyl groups is 1. The highest BCUT2D eigenvalue weighted by Crippen LogP contribution is 2.50. The van der Waals surface area contributed by atoms with Crippen LogP contribution < -0.4 is 14.2 Å². The lowest BCUT2D eigenvalue weighted by Gasteiger charge is -2.14. The fourth-order valence-corrected chi connectivity index (χ4v) is 1.95. The molecule has 0 bridgehead atoms. The highest BCUT2D eigenvalue weighted by atomic mass is 16.6. The van der Waals surface area contributed by atoms with E-state index in [9.17, 15) is 9.90 Å². The first-order valence-corrected chi connectivity index (χ1v) is 5.52. The summed E-state index contributed by atoms with van der Waals surface area (Å²) in [7, 11) is 2.84. The Morgan fingerprint density at radius 2 is 2.21 bits per heavy atom. The van der Waals surface area contributed by atoms with Crippen molar-refractivity contribution < 1.29 is 34.0 Å². The SMILES string of the molecule is COc1cc2c(c(O)c1OC)C(OCC(=O)O)CO2. The van der Waals surface area contributed by atoms with Gasteiger partial charge in [-0.1, -0.05) is 0 Å². The number of hydrogen-bond donors (Lipinski definition) is 2. The number of benzene rings is 1. The molecule has 0 saturated carbocycles. The Morgan fingerprint density at radius 3 is 2.79 bits per heavy atom. The standard InChI is InChI=1S/C12H14O7/c1-16-7-3-6-10(11(15)12(7)17-2)8(4-18-6)19-5-9(13)14/h3,8,15H,4-5H2,1-2H3,(H,13,14). The molecule has 2 rings (SSSR count). The molecule has 1 aliphatic rings. The zero-order chi connectivity index (χ0) is 14.0. The second kappa shape index (κ2) is 5.23. The number of ether oxygens (including phenoxy) is 4. The Morgan fingerprint density at radius 1 is 1.47 bits per heavy atom. The number of methoxy groups -OCH3 is 2. The molecule has 1 unspecified atom stereocenters. The van der Waals surface area contributed by atoms with Crippen LogP contribution >= 0.6 is 0 Å². The van der Waals surface area contributed by atoms with E-state index in [1.165, 1.54) is 14.2 Å². The van der Waals surface area contributed by atoms with Crippen molar-refractivity contribution in [1.29, 1.82) is 0 Å². The van der Waals surface area contributed by atoms with E-state index in [2.05, 4.69) is 0 Å². The molecule has 1 atom stereocenters. The average molecular weight is 270 g/mol. The largest absolute Gasteiger partial charge is 0.504 e. The lowest BCUT2D eigenvalue weighted by atomic mass is 10.1. The monoisotopic (exact) mass is 270 g/mol. The molecule has 1 aliphatic heterocycles. The predicted octanol–water partition coefficient (Wildman–Crippen LogP) is 0.944. The zero-order valence-corrected chi connectivity index (χ0v) is 10.5. The molecular weight excluding hydrogens is 256 g/mol. The molecule has 1 heterocycles. The molecule has 0 saturated heterocycles. The molecule has 1 aromatic carbocycles. The molecule has 0 amide bonds. The van der Waals surface area contributed by atoms with Gasteiger partial charge in [-0.3, -0.25) is 0 Å². The molecule has 0 radical (unpaired) electrons. The predicted molar refractivity (Wildman–Crippen MR) is 63.0 cm³/mol. The molecule has 104 valence electrons. The van der Waals surface area contributed by atoms with E-state index in [1.807, 2.05) is 0 Å². The van der Waals surface area contributed by atoms with Crippen molar-refractivity contribution >= 4 is 5.97 Å². The van der Waals surface area contributed by atoms with E-state index in [1.54, 1.807) is 6.07 Å². The molecule has 2 N–H and O–H groups in total. The van der Waals surface area contributed by atoms with Gasteiger partial charge in [0.25, 0.3) is 0 Å². The van der Waals surface area contributed by atoms with Crippen molar-refractivity contribution in [3.8, 4) is 23.0 Å². The number of fused-ring (bicyclic) bond motifs is 1. The molecule has 0 fully saturated rings. The number of hydrogen-bond acceptors (Lipinski definition) is 6. The molecule has 7 heteroatoms. The summed E-state index contributed by atoms with van der Waals surface area (Å²) in [6.07, 6.45) is -0.647. The lowest BCUT2D eigenvalue weighted by Crippen LogP contribution is -2.13. The molecule has 1 aromatic rings. The summed E-state index contributed by atoms with van der Waals surface area (Å²) in [5.41, 5.74) is 0.374. The molecule has 19 heavy (non-hydrogen) atoms. The van der Waals surface area contributed by atoms with Crippen molar-refractivity contribution in [2.45, 2.75) is 6.10 Å². The van der Waals surface area contributed by atoms with E-state index in [0.717, 1.165) is 0 Å². The first-order chi connectivity index (χ1) is 9.08. The van der Waals surface area contributed by atoms with Gasteiger partial charge in [0, 0.05) is 6.07 Å². The second-order valence-corrected chi connectivity index (χ2v) is 3.88. The highest BCUT2D eigenvalue weighted by Gasteiger charge is 2.33. The average Bonchev–Trinajstić information content (AvgIpc) is 2.79. The third-order valence-electron chi connectivity index (χ3n) is 2.77. The van der Waals surface area contributed by atoms with Crippen molar-refractivity contribution in [3.63, 3.8) is 0 Å². The Balaban J connectivity index is 2.36. The minimum Gasteiger partial charge on any atom is -0.504 e. The summed E-state index contributed by atoms with van der Waals surface area (Å²) in [4.78, 5) is 10.5. The number of carbonyl (C=O) groups is 1. The quantitative estimate of drug-likeness (QED) is 0.822. The van der Waals surface area contributed by atoms with Gasteiger partial charge in [-0.15, -0.1) is 0 Å². The lowest BCUT2D eigenvalue weighted by molar-refractivity contribution is -0.144. The van der Waals surface area contributed by atoms with Crippen molar-refractivity contribution in [2.24, 2.45) is 0 Å². The topological polar surface area (TPSA) is 94.5 Å². The third-order valence-corrected chi connectivity index (χ3v) is 2.77. The number of carboxylic acid groups (broad SMARTS) is 1. The molecule has 0 spiro atoms. The van der Waals surface area contributed by atoms with E-state index < -0.39 is 18.7 Å². The van der Waals surface area contributed by atoms with Crippen LogP contribution in [0.3, 0.4) is 0 Å². The summed E-state index contributed by atoms with van der Waals surface area (Å²) in [6.45, 7) is -0.340. The van der Waals surface area contributed by atoms with Gasteiger partial charge >= 0.3 is 5.97 Å². The maximum absolute atomic E-state index is 10.5. The van der Waals surface area contributed by atoms with Crippen molar-refractivity contribution in [2.75, 3.05) is 27.4 Å². The van der Waals surface area contributed by atoms with E-state index in [4.69, 9.17) is 24.1 Å². The van der Waals surface area contributed by atoms with Gasteiger partial charge in [-0.05, 0) is 0 Å². The Hall–Kier alpha value is -2.15. The molecule has 0 aliphatic carbocycles. The summed E-state index contributed by atoms with van der Waals surface area (Å²) in [6, 6.07) is 1.57. The van der Waals surface area contributed by atoms with Gasteiger partial charge in [0.15, 0.2) is 11.5 Å². The number of rotatable bonds is 5. The zero-order valence-electron chi connectivity index (χ0n) is 10.5. The summed E-state index contributed by atoms with van der Waals surface area (Å²) >= 11 is 0. The van der Waals surface area contributed by atoms with Gasteiger partial charge in [-0.25, -0.2) is 4.79 Å². The summed E-state index contributed by atoms with van der Waals surface area (Å²) in [5, 5.41) is 18.7. The van der Waals surface area contributed by atoms with Crippen LogP contribution in [0.2, 0.25) is 0 Å². The number of phenolic OH excluding ortho intramolecular Hbond substituents is 1. The van der Waals surface area contributed by atoms with Crippen LogP contribution in [0.5, 0.6) is 23.0 Å². The third kappa shape index (κ3) is 2.37. The first-order valence-electron chi connectivity index (χ1n) is 5.52. The minimum atomic E-state index is -1.09. The number of carboxylic acids is 1. The van der Waals surface area contributed by atoms with Crippen LogP contribution in [0, 0.1) is 0 Å². The number of aliphatic carboxylic acids is 1. The molecule has 7 nitrogen and oxygen atoms in total. The van der Waals surface area contributed by atoms with Crippen LogP contribution in [0.1, 0.15) is 11.7 Å². The number of phenols is 1. The van der Waals surface area contributed by atoms with Gasteiger partial charge in [0.1, 0.15) is 25.1 Å². The van der Waals surface area contributed by atoms with Gasteiger partial charge in [0.05, 0.1) is 19.8 Å². The van der Waals surface area contributed by atoms with Crippen LogP contribution in [-0.2, 0) is 9.53 Å². The van der Waals surface area contributed by atoms with Gasteiger partial charge in [0.2, 0.25) is 5.75 Å². The van der Waals surface area contributed by atoms with Crippen LogP contribution in [0.25, 0.3) is 0 Å². The smallest absolute Gasteiger partial charge is 0.329 e. The Labute approximate surface area is 109 Å². The minimum absolute atomic E-state index is 0.131. The van der Waals surface area contributed by atoms with Crippen molar-refractivity contribution in [3.05, 3.63) is 11.6 Å². The van der Waals surface area contributed by atoms with Crippen LogP contribution in [0.4, 0.5) is 0 Å². The Bertz CT molecular complexity index is 497. The first kappa shape index (κ1) is 13.3. The van der Waals surface area contributed by atoms with E-state index in [-0.39, 0.29) is 18.1 Å². The van der Waals surface area contributed by atoms with Crippen LogP contribution in [-0.4, -0.2) is 43.6 Å². The summed E-state index contributed by atoms with van der Waals surface area (Å²) in [5.74, 6) is -0.364. The van der Waals surface area contributed by atoms with Gasteiger partial charge in [-0.2, -0.15) is 0 Å². The fourth-order valence-electron chi connectivity index (χ4n) is 1.95. The maximum Gasteiger partial charge on any atom is 0.329 e. The molecular formula is C12H14O7. The molecule has 0 aromatic heterocycles. The van der Waals surface area contributed by atoms with E-state index in [0.29, 0.717) is 17.1 Å².